The molecule has 3 aliphatic heterocycles. The molecule has 0 spiro atoms. The van der Waals surface area contributed by atoms with E-state index >= 15 is 0 Å². The highest BCUT2D eigenvalue weighted by atomic mass is 16.8. The topological polar surface area (TPSA) is 111 Å². The van der Waals surface area contributed by atoms with Crippen LogP contribution < -0.4 is 23.7 Å². The van der Waals surface area contributed by atoms with Gasteiger partial charge in [-0.2, -0.15) is 0 Å². The molecule has 0 bridgehead atoms. The zero-order valence-corrected chi connectivity index (χ0v) is 36.5. The minimum Gasteiger partial charge on any atom is -0.491 e. The Bertz CT molecular complexity index is 1790. The molecule has 3 aliphatic rings. The van der Waals surface area contributed by atoms with E-state index in [1.54, 1.807) is 25.3 Å². The number of hydrogen-bond donors (Lipinski definition) is 0. The van der Waals surface area contributed by atoms with E-state index in [0.29, 0.717) is 17.2 Å². The molecule has 3 aromatic carbocycles. The zero-order valence-electron chi connectivity index (χ0n) is 36.5. The summed E-state index contributed by atoms with van der Waals surface area (Å²) in [7, 11) is 1.61. The molecule has 3 heterocycles. The van der Waals surface area contributed by atoms with Gasteiger partial charge in [0.2, 0.25) is 12.6 Å². The standard InChI is InChI=1S/C46H64O12/c1-42(2,3)29-14-18-31(19-15-29)48-26-36-37(54-44(7,8)53-36)27-50-33-22-34(51-40-38(25-47-13)55-45(9,10)57-40)24-35(23-33)52-41-39(56-46(11,12)58-41)28-49-32-20-16-30(17-21-32)43(4,5)6/h14-24,36-41H,25-28H2,1-13H3. The summed E-state index contributed by atoms with van der Waals surface area (Å²) in [5, 5.41) is 0. The molecule has 58 heavy (non-hydrogen) atoms. The molecule has 0 aromatic heterocycles. The molecular weight excluding hydrogens is 744 g/mol. The van der Waals surface area contributed by atoms with Gasteiger partial charge in [-0.1, -0.05) is 65.8 Å². The molecule has 320 valence electrons. The van der Waals surface area contributed by atoms with E-state index in [1.165, 1.54) is 11.1 Å². The van der Waals surface area contributed by atoms with Gasteiger partial charge in [0.05, 0.1) is 6.61 Å². The highest BCUT2D eigenvalue weighted by Crippen LogP contribution is 2.38. The molecule has 12 nitrogen and oxygen atoms in total. The quantitative estimate of drug-likeness (QED) is 0.147. The summed E-state index contributed by atoms with van der Waals surface area (Å²) < 4.78 is 74.4. The Labute approximate surface area is 344 Å². The van der Waals surface area contributed by atoms with Crippen LogP contribution in [0.4, 0.5) is 0 Å². The van der Waals surface area contributed by atoms with Gasteiger partial charge in [0.15, 0.2) is 23.5 Å². The molecule has 0 amide bonds. The van der Waals surface area contributed by atoms with Gasteiger partial charge >= 0.3 is 0 Å². The first-order valence-corrected chi connectivity index (χ1v) is 20.2. The Hall–Kier alpha value is -3.62. The molecule has 6 unspecified atom stereocenters. The lowest BCUT2D eigenvalue weighted by molar-refractivity contribution is -0.169. The van der Waals surface area contributed by atoms with E-state index in [-0.39, 0.29) is 37.3 Å². The smallest absolute Gasteiger partial charge is 0.232 e. The second kappa shape index (κ2) is 17.2. The van der Waals surface area contributed by atoms with E-state index in [0.717, 1.165) is 11.5 Å². The molecule has 0 saturated carbocycles. The van der Waals surface area contributed by atoms with Crippen molar-refractivity contribution in [2.45, 2.75) is 148 Å². The Morgan fingerprint density at radius 1 is 0.431 bits per heavy atom. The van der Waals surface area contributed by atoms with Crippen molar-refractivity contribution < 1.29 is 56.8 Å². The maximum atomic E-state index is 6.52. The largest absolute Gasteiger partial charge is 0.491 e. The molecule has 0 radical (unpaired) electrons. The van der Waals surface area contributed by atoms with Crippen LogP contribution in [0.3, 0.4) is 0 Å². The highest BCUT2D eigenvalue weighted by molar-refractivity contribution is 5.42. The number of hydrogen-bond acceptors (Lipinski definition) is 12. The van der Waals surface area contributed by atoms with Crippen molar-refractivity contribution in [2.75, 3.05) is 33.5 Å². The van der Waals surface area contributed by atoms with E-state index in [4.69, 9.17) is 56.8 Å². The third-order valence-electron chi connectivity index (χ3n) is 9.93. The molecule has 3 saturated heterocycles. The molecule has 0 N–H and O–H groups in total. The minimum absolute atomic E-state index is 0.0342. The van der Waals surface area contributed by atoms with Gasteiger partial charge < -0.3 is 56.8 Å². The lowest BCUT2D eigenvalue weighted by Gasteiger charge is -2.23. The summed E-state index contributed by atoms with van der Waals surface area (Å²) >= 11 is 0. The van der Waals surface area contributed by atoms with Crippen LogP contribution >= 0.6 is 0 Å². The highest BCUT2D eigenvalue weighted by Gasteiger charge is 2.46. The third kappa shape index (κ3) is 11.8. The van der Waals surface area contributed by atoms with Crippen molar-refractivity contribution in [3.63, 3.8) is 0 Å². The molecule has 12 heteroatoms. The first-order chi connectivity index (χ1) is 27.1. The summed E-state index contributed by atoms with van der Waals surface area (Å²) in [5.41, 5.74) is 2.53. The fraction of sp³-hybridized carbons (Fsp3) is 0.609. The normalized spacial score (nSPS) is 26.4. The first kappa shape index (κ1) is 43.9. The van der Waals surface area contributed by atoms with Crippen LogP contribution in [0, 0.1) is 0 Å². The van der Waals surface area contributed by atoms with Crippen LogP contribution in [0.5, 0.6) is 28.7 Å². The second-order valence-corrected chi connectivity index (χ2v) is 18.6. The predicted octanol–water partition coefficient (Wildman–Crippen LogP) is 8.70. The summed E-state index contributed by atoms with van der Waals surface area (Å²) in [5.74, 6) is 0.151. The van der Waals surface area contributed by atoms with Crippen LogP contribution in [-0.4, -0.2) is 87.9 Å². The Balaban J connectivity index is 1.18. The van der Waals surface area contributed by atoms with Gasteiger partial charge in [-0.25, -0.2) is 0 Å². The summed E-state index contributed by atoms with van der Waals surface area (Å²) in [6.45, 7) is 25.1. The monoisotopic (exact) mass is 808 g/mol. The van der Waals surface area contributed by atoms with Gasteiger partial charge in [-0.3, -0.25) is 0 Å². The van der Waals surface area contributed by atoms with Gasteiger partial charge in [0.1, 0.15) is 66.9 Å². The van der Waals surface area contributed by atoms with Crippen LogP contribution in [-0.2, 0) is 44.0 Å². The Morgan fingerprint density at radius 2 is 0.759 bits per heavy atom. The molecule has 3 aromatic rings. The van der Waals surface area contributed by atoms with Crippen molar-refractivity contribution in [1.29, 1.82) is 0 Å². The molecule has 3 fully saturated rings. The molecule has 0 aliphatic carbocycles. The number of rotatable bonds is 15. The number of methoxy groups -OCH3 is 1. The molecule has 6 atom stereocenters. The van der Waals surface area contributed by atoms with Gasteiger partial charge in [0.25, 0.3) is 0 Å². The van der Waals surface area contributed by atoms with Crippen molar-refractivity contribution in [3.8, 4) is 28.7 Å². The van der Waals surface area contributed by atoms with Crippen LogP contribution in [0.2, 0.25) is 0 Å². The number of benzene rings is 3. The van der Waals surface area contributed by atoms with E-state index in [1.807, 2.05) is 65.8 Å². The zero-order chi connectivity index (χ0) is 42.1. The average Bonchev–Trinajstić information content (AvgIpc) is 3.70. The van der Waals surface area contributed by atoms with Gasteiger partial charge in [0, 0.05) is 25.3 Å². The van der Waals surface area contributed by atoms with Gasteiger partial charge in [-0.15, -0.1) is 0 Å². The predicted molar refractivity (Wildman–Crippen MR) is 218 cm³/mol. The minimum atomic E-state index is -0.922. The number of ether oxygens (including phenoxy) is 12. The Kier molecular flexibility index (Phi) is 13.0. The van der Waals surface area contributed by atoms with Crippen LogP contribution in [0.25, 0.3) is 0 Å². The fourth-order valence-electron chi connectivity index (χ4n) is 7.06. The Morgan fingerprint density at radius 3 is 1.16 bits per heavy atom. The summed E-state index contributed by atoms with van der Waals surface area (Å²) in [4.78, 5) is 0. The van der Waals surface area contributed by atoms with Crippen molar-refractivity contribution in [3.05, 3.63) is 77.9 Å². The van der Waals surface area contributed by atoms with Crippen molar-refractivity contribution in [2.24, 2.45) is 0 Å². The molecule has 6 rings (SSSR count). The lowest BCUT2D eigenvalue weighted by Crippen LogP contribution is -2.34. The summed E-state index contributed by atoms with van der Waals surface area (Å²) in [6.07, 6.45) is -3.45. The van der Waals surface area contributed by atoms with E-state index < -0.39 is 54.4 Å². The SMILES string of the molecule is COCC1OC(C)(C)OC1Oc1cc(OCC2OC(C)(C)OC2COc2ccc(C(C)(C)C)cc2)cc(OC2OC(C)(C)OC2COc2ccc(C(C)(C)C)cc2)c1. The van der Waals surface area contributed by atoms with Crippen molar-refractivity contribution >= 4 is 0 Å². The maximum Gasteiger partial charge on any atom is 0.232 e. The van der Waals surface area contributed by atoms with Crippen LogP contribution in [0.1, 0.15) is 94.2 Å². The maximum absolute atomic E-state index is 6.52. The third-order valence-corrected chi connectivity index (χ3v) is 9.93. The van der Waals surface area contributed by atoms with Gasteiger partial charge in [-0.05, 0) is 87.8 Å². The van der Waals surface area contributed by atoms with E-state index in [2.05, 4.69) is 65.8 Å². The fourth-order valence-corrected chi connectivity index (χ4v) is 7.06. The van der Waals surface area contributed by atoms with Crippen molar-refractivity contribution in [1.82, 2.24) is 0 Å². The van der Waals surface area contributed by atoms with Crippen LogP contribution in [0.15, 0.2) is 66.7 Å². The lowest BCUT2D eigenvalue weighted by atomic mass is 9.87. The van der Waals surface area contributed by atoms with E-state index in [9.17, 15) is 0 Å². The molecular formula is C46H64O12. The first-order valence-electron chi connectivity index (χ1n) is 20.2. The second-order valence-electron chi connectivity index (χ2n) is 18.6. The summed E-state index contributed by atoms with van der Waals surface area (Å²) in [6, 6.07) is 21.5. The average molecular weight is 809 g/mol.